The van der Waals surface area contributed by atoms with Crippen LogP contribution in [0.15, 0.2) is 42.5 Å². The molecule has 0 bridgehead atoms. The molecule has 0 spiro atoms. The Labute approximate surface area is 172 Å². The SMILES string of the molecule is Cc1cc(C)cc(OCCOC(=O)CNC(=O)c2sc3ccccc3c2Cl)c1. The van der Waals surface area contributed by atoms with Crippen molar-refractivity contribution < 1.29 is 19.1 Å². The number of halogens is 1. The highest BCUT2D eigenvalue weighted by atomic mass is 35.5. The van der Waals surface area contributed by atoms with Crippen LogP contribution in [0.25, 0.3) is 10.1 Å². The number of carbonyl (C=O) groups excluding carboxylic acids is 2. The first-order chi connectivity index (χ1) is 13.4. The largest absolute Gasteiger partial charge is 0.490 e. The van der Waals surface area contributed by atoms with Crippen LogP contribution in [0.4, 0.5) is 0 Å². The van der Waals surface area contributed by atoms with Gasteiger partial charge in [0.05, 0.1) is 5.02 Å². The molecule has 0 atom stereocenters. The van der Waals surface area contributed by atoms with E-state index in [0.717, 1.165) is 27.0 Å². The van der Waals surface area contributed by atoms with Gasteiger partial charge in [0.1, 0.15) is 30.4 Å². The molecule has 28 heavy (non-hydrogen) atoms. The van der Waals surface area contributed by atoms with E-state index in [2.05, 4.69) is 11.4 Å². The summed E-state index contributed by atoms with van der Waals surface area (Å²) in [4.78, 5) is 24.5. The summed E-state index contributed by atoms with van der Waals surface area (Å²) >= 11 is 7.56. The summed E-state index contributed by atoms with van der Waals surface area (Å²) in [6.45, 7) is 4.10. The molecule has 0 radical (unpaired) electrons. The van der Waals surface area contributed by atoms with Crippen molar-refractivity contribution >= 4 is 44.9 Å². The van der Waals surface area contributed by atoms with Crippen molar-refractivity contribution in [3.63, 3.8) is 0 Å². The van der Waals surface area contributed by atoms with Crippen molar-refractivity contribution in [3.05, 3.63) is 63.5 Å². The number of benzene rings is 2. The number of aryl methyl sites for hydroxylation is 2. The molecule has 3 aromatic rings. The molecule has 1 amide bonds. The second kappa shape index (κ2) is 9.08. The minimum Gasteiger partial charge on any atom is -0.490 e. The normalized spacial score (nSPS) is 10.7. The third-order valence-corrected chi connectivity index (χ3v) is 5.62. The molecule has 0 aliphatic heterocycles. The lowest BCUT2D eigenvalue weighted by Gasteiger charge is -2.09. The van der Waals surface area contributed by atoms with Gasteiger partial charge in [-0.1, -0.05) is 35.9 Å². The molecule has 0 aliphatic rings. The molecule has 0 fully saturated rings. The van der Waals surface area contributed by atoms with E-state index >= 15 is 0 Å². The van der Waals surface area contributed by atoms with E-state index in [1.807, 2.05) is 50.2 Å². The molecule has 146 valence electrons. The minimum atomic E-state index is -0.533. The summed E-state index contributed by atoms with van der Waals surface area (Å²) in [5.41, 5.74) is 2.21. The van der Waals surface area contributed by atoms with Crippen molar-refractivity contribution in [3.8, 4) is 5.75 Å². The molecule has 0 unspecified atom stereocenters. The van der Waals surface area contributed by atoms with E-state index in [0.29, 0.717) is 9.90 Å². The maximum Gasteiger partial charge on any atom is 0.325 e. The van der Waals surface area contributed by atoms with Crippen LogP contribution in [0.5, 0.6) is 5.75 Å². The number of nitrogens with one attached hydrogen (secondary N) is 1. The standard InChI is InChI=1S/C21H20ClNO4S/c1-13-9-14(2)11-15(10-13)26-7-8-27-18(24)12-23-21(25)20-19(22)16-5-3-4-6-17(16)28-20/h3-6,9-11H,7-8,12H2,1-2H3,(H,23,25). The predicted octanol–water partition coefficient (Wildman–Crippen LogP) is 4.52. The van der Waals surface area contributed by atoms with E-state index in [1.165, 1.54) is 11.3 Å². The van der Waals surface area contributed by atoms with E-state index in [9.17, 15) is 9.59 Å². The Morgan fingerprint density at radius 3 is 2.50 bits per heavy atom. The van der Waals surface area contributed by atoms with Gasteiger partial charge in [-0.3, -0.25) is 9.59 Å². The Morgan fingerprint density at radius 2 is 1.79 bits per heavy atom. The van der Waals surface area contributed by atoms with Gasteiger partial charge >= 0.3 is 5.97 Å². The van der Waals surface area contributed by atoms with Crippen LogP contribution in [0, 0.1) is 13.8 Å². The fourth-order valence-electron chi connectivity index (χ4n) is 2.78. The molecule has 3 rings (SSSR count). The number of amides is 1. The van der Waals surface area contributed by atoms with E-state index in [-0.39, 0.29) is 19.8 Å². The summed E-state index contributed by atoms with van der Waals surface area (Å²) in [6, 6.07) is 13.4. The lowest BCUT2D eigenvalue weighted by Crippen LogP contribution is -2.31. The number of carbonyl (C=O) groups is 2. The van der Waals surface area contributed by atoms with Gasteiger partial charge in [-0.15, -0.1) is 11.3 Å². The zero-order valence-corrected chi connectivity index (χ0v) is 17.2. The molecule has 1 N–H and O–H groups in total. The van der Waals surface area contributed by atoms with Gasteiger partial charge in [-0.2, -0.15) is 0 Å². The van der Waals surface area contributed by atoms with Crippen molar-refractivity contribution in [1.82, 2.24) is 5.32 Å². The van der Waals surface area contributed by atoms with Gasteiger partial charge in [-0.05, 0) is 43.2 Å². The van der Waals surface area contributed by atoms with Crippen molar-refractivity contribution in [2.45, 2.75) is 13.8 Å². The van der Waals surface area contributed by atoms with Gasteiger partial charge in [0.25, 0.3) is 5.91 Å². The first-order valence-electron chi connectivity index (χ1n) is 8.76. The van der Waals surface area contributed by atoms with Crippen molar-refractivity contribution in [1.29, 1.82) is 0 Å². The van der Waals surface area contributed by atoms with E-state index in [1.54, 1.807) is 0 Å². The maximum absolute atomic E-state index is 12.3. The second-order valence-corrected chi connectivity index (χ2v) is 7.75. The van der Waals surface area contributed by atoms with Gasteiger partial charge < -0.3 is 14.8 Å². The number of thiophene rings is 1. The third kappa shape index (κ3) is 5.03. The van der Waals surface area contributed by atoms with Crippen LogP contribution in [-0.2, 0) is 9.53 Å². The molecular formula is C21H20ClNO4S. The third-order valence-electron chi connectivity index (χ3n) is 3.94. The van der Waals surface area contributed by atoms with Gasteiger partial charge in [-0.25, -0.2) is 0 Å². The fraction of sp³-hybridized carbons (Fsp3) is 0.238. The Hall–Kier alpha value is -2.57. The minimum absolute atomic E-state index is 0.103. The summed E-state index contributed by atoms with van der Waals surface area (Å²) < 4.78 is 11.6. The molecule has 5 nitrogen and oxygen atoms in total. The number of hydrogen-bond acceptors (Lipinski definition) is 5. The van der Waals surface area contributed by atoms with E-state index < -0.39 is 11.9 Å². The maximum atomic E-state index is 12.3. The van der Waals surface area contributed by atoms with Crippen LogP contribution < -0.4 is 10.1 Å². The smallest absolute Gasteiger partial charge is 0.325 e. The molecule has 0 aliphatic carbocycles. The van der Waals surface area contributed by atoms with Crippen LogP contribution in [0.2, 0.25) is 5.02 Å². The summed E-state index contributed by atoms with van der Waals surface area (Å²) in [5.74, 6) is -0.189. The van der Waals surface area contributed by atoms with Gasteiger partial charge in [0.15, 0.2) is 0 Å². The van der Waals surface area contributed by atoms with Crippen molar-refractivity contribution in [2.24, 2.45) is 0 Å². The molecule has 1 aromatic heterocycles. The first kappa shape index (κ1) is 20.2. The predicted molar refractivity (Wildman–Crippen MR) is 112 cm³/mol. The van der Waals surface area contributed by atoms with Crippen molar-refractivity contribution in [2.75, 3.05) is 19.8 Å². The van der Waals surface area contributed by atoms with Crippen LogP contribution in [0.3, 0.4) is 0 Å². The molecule has 0 saturated carbocycles. The lowest BCUT2D eigenvalue weighted by molar-refractivity contribution is -0.143. The number of fused-ring (bicyclic) bond motifs is 1. The molecular weight excluding hydrogens is 398 g/mol. The molecule has 7 heteroatoms. The fourth-order valence-corrected chi connectivity index (χ4v) is 4.21. The average molecular weight is 418 g/mol. The monoisotopic (exact) mass is 417 g/mol. The highest BCUT2D eigenvalue weighted by molar-refractivity contribution is 7.21. The Morgan fingerprint density at radius 1 is 1.07 bits per heavy atom. The topological polar surface area (TPSA) is 64.6 Å². The summed E-state index contributed by atoms with van der Waals surface area (Å²) in [7, 11) is 0. The Bertz CT molecular complexity index is 995. The van der Waals surface area contributed by atoms with Crippen LogP contribution in [0.1, 0.15) is 20.8 Å². The zero-order chi connectivity index (χ0) is 20.1. The highest BCUT2D eigenvalue weighted by Gasteiger charge is 2.17. The summed E-state index contributed by atoms with van der Waals surface area (Å²) in [5, 5.41) is 3.77. The first-order valence-corrected chi connectivity index (χ1v) is 9.95. The quantitative estimate of drug-likeness (QED) is 0.453. The van der Waals surface area contributed by atoms with E-state index in [4.69, 9.17) is 21.1 Å². The molecule has 1 heterocycles. The Kier molecular flexibility index (Phi) is 6.54. The van der Waals surface area contributed by atoms with Gasteiger partial charge in [0, 0.05) is 10.1 Å². The second-order valence-electron chi connectivity index (χ2n) is 6.32. The number of ether oxygens (including phenoxy) is 2. The number of rotatable bonds is 7. The summed E-state index contributed by atoms with van der Waals surface area (Å²) in [6.07, 6.45) is 0. The number of esters is 1. The molecule has 2 aromatic carbocycles. The average Bonchev–Trinajstić information content (AvgIpc) is 3.00. The Balaban J connectivity index is 1.43. The van der Waals surface area contributed by atoms with Gasteiger partial charge in [0.2, 0.25) is 0 Å². The molecule has 0 saturated heterocycles. The lowest BCUT2D eigenvalue weighted by atomic mass is 10.1. The number of hydrogen-bond donors (Lipinski definition) is 1. The van der Waals surface area contributed by atoms with Crippen LogP contribution >= 0.6 is 22.9 Å². The van der Waals surface area contributed by atoms with Crippen LogP contribution in [-0.4, -0.2) is 31.6 Å². The zero-order valence-electron chi connectivity index (χ0n) is 15.6. The highest BCUT2D eigenvalue weighted by Crippen LogP contribution is 2.34.